The van der Waals surface area contributed by atoms with Crippen molar-refractivity contribution in [3.63, 3.8) is 0 Å². The van der Waals surface area contributed by atoms with E-state index in [1.165, 1.54) is 24.8 Å². The minimum Gasteiger partial charge on any atom is -0.390 e. The summed E-state index contributed by atoms with van der Waals surface area (Å²) in [6.45, 7) is 6.85. The van der Waals surface area contributed by atoms with Crippen LogP contribution in [0.5, 0.6) is 0 Å². The van der Waals surface area contributed by atoms with Gasteiger partial charge in [0, 0.05) is 6.42 Å². The summed E-state index contributed by atoms with van der Waals surface area (Å²) in [5.41, 5.74) is 1.32. The van der Waals surface area contributed by atoms with Crippen molar-refractivity contribution in [2.24, 2.45) is 28.6 Å². The van der Waals surface area contributed by atoms with Crippen LogP contribution in [0.3, 0.4) is 0 Å². The molecule has 0 aromatic heterocycles. The molecule has 2 nitrogen and oxygen atoms in total. The van der Waals surface area contributed by atoms with Crippen molar-refractivity contribution in [3.8, 4) is 0 Å². The van der Waals surface area contributed by atoms with E-state index in [0.717, 1.165) is 43.9 Å². The minimum atomic E-state index is -0.484. The third-order valence-electron chi connectivity index (χ3n) is 8.52. The minimum absolute atomic E-state index is 0.107. The Balaban J connectivity index is 1.70. The molecule has 0 unspecified atom stereocenters. The topological polar surface area (TPSA) is 37.3 Å². The molecule has 0 bridgehead atoms. The zero-order valence-corrected chi connectivity index (χ0v) is 14.3. The monoisotopic (exact) mass is 302 g/mol. The maximum atomic E-state index is 11.8. The lowest BCUT2D eigenvalue weighted by Gasteiger charge is -2.58. The number of aliphatic hydroxyl groups is 1. The standard InChI is InChI=1S/C20H30O2/c1-18-9-6-14(21)12-13(18)4-5-15-16(18)7-10-19(2)17(15)8-11-20(19,3)22/h12,15-17,22H,4-11H2,1-3H3/t15-,16-,17+,18+,19+,20-/m1/s1. The first-order valence-electron chi connectivity index (χ1n) is 9.24. The molecular weight excluding hydrogens is 272 g/mol. The lowest BCUT2D eigenvalue weighted by atomic mass is 9.46. The van der Waals surface area contributed by atoms with Crippen LogP contribution in [0, 0.1) is 28.6 Å². The number of carbonyl (C=O) groups excluding carboxylic acids is 1. The normalized spacial score (nSPS) is 54.3. The van der Waals surface area contributed by atoms with E-state index in [0.29, 0.717) is 11.7 Å². The van der Waals surface area contributed by atoms with E-state index in [4.69, 9.17) is 0 Å². The number of ketones is 1. The van der Waals surface area contributed by atoms with Crippen LogP contribution in [-0.2, 0) is 4.79 Å². The number of carbonyl (C=O) groups is 1. The molecule has 0 radical (unpaired) electrons. The Bertz CT molecular complexity index is 546. The van der Waals surface area contributed by atoms with Gasteiger partial charge < -0.3 is 5.11 Å². The summed E-state index contributed by atoms with van der Waals surface area (Å²) in [6, 6.07) is 0. The third kappa shape index (κ3) is 1.74. The average molecular weight is 302 g/mol. The van der Waals surface area contributed by atoms with Gasteiger partial charge in [0.15, 0.2) is 5.78 Å². The Morgan fingerprint density at radius 3 is 2.50 bits per heavy atom. The largest absolute Gasteiger partial charge is 0.390 e. The van der Waals surface area contributed by atoms with Gasteiger partial charge in [-0.05, 0) is 86.5 Å². The number of hydrogen-bond acceptors (Lipinski definition) is 2. The van der Waals surface area contributed by atoms with Gasteiger partial charge in [-0.15, -0.1) is 0 Å². The van der Waals surface area contributed by atoms with Crippen LogP contribution in [0.2, 0.25) is 0 Å². The Morgan fingerprint density at radius 1 is 1.00 bits per heavy atom. The molecule has 4 aliphatic carbocycles. The first kappa shape index (κ1) is 14.9. The van der Waals surface area contributed by atoms with Gasteiger partial charge in [-0.1, -0.05) is 19.4 Å². The van der Waals surface area contributed by atoms with Crippen LogP contribution in [0.4, 0.5) is 0 Å². The molecule has 1 N–H and O–H groups in total. The highest BCUT2D eigenvalue weighted by atomic mass is 16.3. The van der Waals surface area contributed by atoms with E-state index in [1.54, 1.807) is 0 Å². The van der Waals surface area contributed by atoms with E-state index in [1.807, 2.05) is 6.08 Å². The Morgan fingerprint density at radius 2 is 1.73 bits per heavy atom. The van der Waals surface area contributed by atoms with E-state index in [9.17, 15) is 9.90 Å². The van der Waals surface area contributed by atoms with E-state index < -0.39 is 5.60 Å². The highest BCUT2D eigenvalue weighted by Gasteiger charge is 2.62. The van der Waals surface area contributed by atoms with Gasteiger partial charge >= 0.3 is 0 Å². The van der Waals surface area contributed by atoms with Crippen LogP contribution in [0.15, 0.2) is 11.6 Å². The number of allylic oxidation sites excluding steroid dienone is 1. The predicted octanol–water partition coefficient (Wildman–Crippen LogP) is 4.27. The van der Waals surface area contributed by atoms with Gasteiger partial charge in [-0.3, -0.25) is 4.79 Å². The zero-order valence-electron chi connectivity index (χ0n) is 14.3. The van der Waals surface area contributed by atoms with Crippen LogP contribution >= 0.6 is 0 Å². The van der Waals surface area contributed by atoms with Crippen molar-refractivity contribution in [2.45, 2.75) is 77.7 Å². The molecule has 4 rings (SSSR count). The fraction of sp³-hybridized carbons (Fsp3) is 0.850. The fourth-order valence-electron chi connectivity index (χ4n) is 6.80. The smallest absolute Gasteiger partial charge is 0.155 e. The first-order valence-corrected chi connectivity index (χ1v) is 9.24. The summed E-state index contributed by atoms with van der Waals surface area (Å²) >= 11 is 0. The molecule has 6 atom stereocenters. The van der Waals surface area contributed by atoms with Gasteiger partial charge in [0.2, 0.25) is 0 Å². The lowest BCUT2D eigenvalue weighted by molar-refractivity contribution is -0.124. The van der Waals surface area contributed by atoms with Gasteiger partial charge in [0.25, 0.3) is 0 Å². The molecule has 0 aliphatic heterocycles. The van der Waals surface area contributed by atoms with Gasteiger partial charge in [-0.2, -0.15) is 0 Å². The molecule has 0 amide bonds. The summed E-state index contributed by atoms with van der Waals surface area (Å²) in [6.07, 6.45) is 10.7. The molecule has 2 heteroatoms. The van der Waals surface area contributed by atoms with Crippen molar-refractivity contribution in [2.75, 3.05) is 0 Å². The lowest BCUT2D eigenvalue weighted by Crippen LogP contribution is -2.53. The fourth-order valence-corrected chi connectivity index (χ4v) is 6.80. The second-order valence-corrected chi connectivity index (χ2v) is 9.24. The SMILES string of the molecule is C[C@]12CCC(=O)C=C1CC[C@@H]1[C@H]2CC[C@@]2(C)[C@H]1CC[C@@]2(C)O. The summed E-state index contributed by atoms with van der Waals surface area (Å²) in [5, 5.41) is 10.9. The van der Waals surface area contributed by atoms with E-state index >= 15 is 0 Å². The molecule has 0 saturated heterocycles. The van der Waals surface area contributed by atoms with Gasteiger partial charge in [0.05, 0.1) is 5.60 Å². The maximum Gasteiger partial charge on any atom is 0.155 e. The summed E-state index contributed by atoms with van der Waals surface area (Å²) < 4.78 is 0. The molecule has 0 heterocycles. The quantitative estimate of drug-likeness (QED) is 0.725. The molecule has 4 aliphatic rings. The second-order valence-electron chi connectivity index (χ2n) is 9.24. The van der Waals surface area contributed by atoms with Crippen molar-refractivity contribution in [3.05, 3.63) is 11.6 Å². The number of rotatable bonds is 0. The Kier molecular flexibility index (Phi) is 3.03. The number of hydrogen-bond donors (Lipinski definition) is 1. The highest BCUT2D eigenvalue weighted by Crippen LogP contribution is 2.67. The molecule has 0 spiro atoms. The summed E-state index contributed by atoms with van der Waals surface area (Å²) in [4.78, 5) is 11.8. The zero-order chi connectivity index (χ0) is 15.8. The van der Waals surface area contributed by atoms with Crippen molar-refractivity contribution in [1.29, 1.82) is 0 Å². The molecular formula is C20H30O2. The molecule has 22 heavy (non-hydrogen) atoms. The Labute approximate surface area is 134 Å². The van der Waals surface area contributed by atoms with Crippen LogP contribution in [-0.4, -0.2) is 16.5 Å². The van der Waals surface area contributed by atoms with Crippen LogP contribution in [0.1, 0.15) is 72.1 Å². The van der Waals surface area contributed by atoms with Crippen LogP contribution in [0.25, 0.3) is 0 Å². The predicted molar refractivity (Wildman–Crippen MR) is 87.3 cm³/mol. The van der Waals surface area contributed by atoms with Crippen LogP contribution < -0.4 is 0 Å². The average Bonchev–Trinajstić information content (AvgIpc) is 2.70. The van der Waals surface area contributed by atoms with Crippen molar-refractivity contribution >= 4 is 5.78 Å². The van der Waals surface area contributed by atoms with Gasteiger partial charge in [-0.25, -0.2) is 0 Å². The summed E-state index contributed by atoms with van der Waals surface area (Å²) in [5.74, 6) is 2.50. The van der Waals surface area contributed by atoms with Crippen molar-refractivity contribution in [1.82, 2.24) is 0 Å². The second kappa shape index (κ2) is 4.47. The molecule has 0 aromatic rings. The maximum absolute atomic E-state index is 11.8. The molecule has 122 valence electrons. The summed E-state index contributed by atoms with van der Waals surface area (Å²) in [7, 11) is 0. The van der Waals surface area contributed by atoms with E-state index in [2.05, 4.69) is 20.8 Å². The molecule has 0 aromatic carbocycles. The van der Waals surface area contributed by atoms with E-state index in [-0.39, 0.29) is 10.8 Å². The third-order valence-corrected chi connectivity index (χ3v) is 8.52. The molecule has 3 saturated carbocycles. The first-order chi connectivity index (χ1) is 10.3. The highest BCUT2D eigenvalue weighted by molar-refractivity contribution is 5.91. The van der Waals surface area contributed by atoms with Gasteiger partial charge in [0.1, 0.15) is 0 Å². The Hall–Kier alpha value is -0.630. The molecule has 3 fully saturated rings. The number of fused-ring (bicyclic) bond motifs is 5. The van der Waals surface area contributed by atoms with Crippen molar-refractivity contribution < 1.29 is 9.90 Å².